The molecule has 4 aromatic rings. The summed E-state index contributed by atoms with van der Waals surface area (Å²) < 4.78 is 0. The summed E-state index contributed by atoms with van der Waals surface area (Å²) >= 11 is 0. The van der Waals surface area contributed by atoms with Crippen molar-refractivity contribution in [3.8, 4) is 11.3 Å². The topological polar surface area (TPSA) is 135 Å². The zero-order valence-electron chi connectivity index (χ0n) is 18.2. The zero-order valence-corrected chi connectivity index (χ0v) is 18.2. The Morgan fingerprint density at radius 1 is 1.06 bits per heavy atom. The lowest BCUT2D eigenvalue weighted by molar-refractivity contribution is 0.100. The number of aromatic nitrogens is 3. The van der Waals surface area contributed by atoms with E-state index in [9.17, 15) is 4.79 Å². The van der Waals surface area contributed by atoms with Gasteiger partial charge >= 0.3 is 0 Å². The first kappa shape index (κ1) is 21.0. The number of benzene rings is 2. The van der Waals surface area contributed by atoms with Crippen LogP contribution in [-0.2, 0) is 0 Å². The van der Waals surface area contributed by atoms with Gasteiger partial charge in [-0.3, -0.25) is 4.79 Å². The number of carbonyl (C=O) groups is 1. The van der Waals surface area contributed by atoms with Gasteiger partial charge in [-0.1, -0.05) is 49.2 Å². The average Bonchev–Trinajstić information content (AvgIpc) is 3.27. The maximum Gasteiger partial charge on any atom is 0.254 e. The van der Waals surface area contributed by atoms with Gasteiger partial charge in [-0.05, 0) is 36.6 Å². The second-order valence-electron chi connectivity index (χ2n) is 8.46. The van der Waals surface area contributed by atoms with Crippen LogP contribution in [0.25, 0.3) is 22.2 Å². The lowest BCUT2D eigenvalue weighted by atomic mass is 9.91. The molecule has 8 nitrogen and oxygen atoms in total. The fourth-order valence-corrected chi connectivity index (χ4v) is 4.40. The third-order valence-electron chi connectivity index (χ3n) is 6.19. The number of carbonyl (C=O) groups excluding carboxylic acids is 1. The Hall–Kier alpha value is -3.91. The molecule has 0 aliphatic heterocycles. The number of nitrogens with zero attached hydrogens (tertiary/aromatic N) is 2. The molecular formula is C25H27N7O. The number of rotatable bonds is 6. The molecule has 0 bridgehead atoms. The van der Waals surface area contributed by atoms with Crippen LogP contribution in [-0.4, -0.2) is 32.9 Å². The molecule has 0 radical (unpaired) electrons. The number of hydrogen-bond donors (Lipinski definition) is 5. The van der Waals surface area contributed by atoms with Crippen molar-refractivity contribution in [3.63, 3.8) is 0 Å². The van der Waals surface area contributed by atoms with Crippen LogP contribution in [0.5, 0.6) is 0 Å². The first-order valence-electron chi connectivity index (χ1n) is 11.2. The van der Waals surface area contributed by atoms with E-state index in [0.29, 0.717) is 11.8 Å². The van der Waals surface area contributed by atoms with Crippen molar-refractivity contribution in [2.75, 3.05) is 10.6 Å². The standard InChI is InChI=1S/C25H27N7O/c26-18-9-4-5-10-21(18)31-25-28-14-17(23(27)33)24(32-25)30-20-12-6-11-19-16(20)13-22(29-19)15-7-2-1-3-8-15/h1-3,6-8,11-14,18,21,29H,4-5,9-10,26H2,(H2,27,33)(H2,28,30,31,32)/t18-,21?/m0/s1. The van der Waals surface area contributed by atoms with E-state index in [2.05, 4.69) is 43.8 Å². The summed E-state index contributed by atoms with van der Waals surface area (Å²) in [6.45, 7) is 0. The molecule has 5 rings (SSSR count). The van der Waals surface area contributed by atoms with Crippen LogP contribution in [0.15, 0.2) is 60.8 Å². The normalized spacial score (nSPS) is 18.2. The lowest BCUT2D eigenvalue weighted by Gasteiger charge is -2.29. The Morgan fingerprint density at radius 2 is 1.88 bits per heavy atom. The van der Waals surface area contributed by atoms with Crippen LogP contribution in [0.3, 0.4) is 0 Å². The minimum absolute atomic E-state index is 0.0552. The molecule has 0 saturated heterocycles. The van der Waals surface area contributed by atoms with Gasteiger partial charge in [0, 0.05) is 40.6 Å². The number of H-pyrrole nitrogens is 1. The van der Waals surface area contributed by atoms with Crippen LogP contribution < -0.4 is 22.1 Å². The Bertz CT molecular complexity index is 1280. The first-order valence-corrected chi connectivity index (χ1v) is 11.2. The molecule has 0 spiro atoms. The van der Waals surface area contributed by atoms with Crippen molar-refractivity contribution in [1.29, 1.82) is 0 Å². The molecule has 1 fully saturated rings. The van der Waals surface area contributed by atoms with Gasteiger partial charge in [0.05, 0.1) is 0 Å². The monoisotopic (exact) mass is 441 g/mol. The van der Waals surface area contributed by atoms with Gasteiger partial charge in [0.15, 0.2) is 0 Å². The van der Waals surface area contributed by atoms with Gasteiger partial charge in [-0.25, -0.2) is 4.98 Å². The van der Waals surface area contributed by atoms with Gasteiger partial charge in [-0.15, -0.1) is 0 Å². The molecule has 1 saturated carbocycles. The zero-order chi connectivity index (χ0) is 22.8. The van der Waals surface area contributed by atoms with E-state index in [-0.39, 0.29) is 17.6 Å². The van der Waals surface area contributed by atoms with Gasteiger partial charge in [0.2, 0.25) is 5.95 Å². The molecule has 2 atom stereocenters. The number of hydrogen-bond acceptors (Lipinski definition) is 6. The Kier molecular flexibility index (Phi) is 5.66. The van der Waals surface area contributed by atoms with Crippen molar-refractivity contribution in [2.45, 2.75) is 37.8 Å². The summed E-state index contributed by atoms with van der Waals surface area (Å²) in [5.74, 6) is 0.194. The second-order valence-corrected chi connectivity index (χ2v) is 8.46. The fourth-order valence-electron chi connectivity index (χ4n) is 4.40. The van der Waals surface area contributed by atoms with Crippen LogP contribution in [0.4, 0.5) is 17.5 Å². The van der Waals surface area contributed by atoms with Crippen molar-refractivity contribution < 1.29 is 4.79 Å². The molecule has 2 aromatic carbocycles. The van der Waals surface area contributed by atoms with Crippen LogP contribution in [0, 0.1) is 0 Å². The summed E-state index contributed by atoms with van der Waals surface area (Å²) in [4.78, 5) is 24.4. The molecule has 1 amide bonds. The molecule has 168 valence electrons. The van der Waals surface area contributed by atoms with Crippen LogP contribution >= 0.6 is 0 Å². The van der Waals surface area contributed by atoms with E-state index in [4.69, 9.17) is 11.5 Å². The predicted octanol–water partition coefficient (Wildman–Crippen LogP) is 4.15. The number of primary amides is 1. The second kappa shape index (κ2) is 8.91. The average molecular weight is 442 g/mol. The predicted molar refractivity (Wildman–Crippen MR) is 131 cm³/mol. The Morgan fingerprint density at radius 3 is 2.67 bits per heavy atom. The summed E-state index contributed by atoms with van der Waals surface area (Å²) in [7, 11) is 0. The molecule has 8 heteroatoms. The van der Waals surface area contributed by atoms with Crippen molar-refractivity contribution in [1.82, 2.24) is 15.0 Å². The minimum atomic E-state index is -0.593. The molecule has 1 aliphatic rings. The maximum atomic E-state index is 12.1. The smallest absolute Gasteiger partial charge is 0.254 e. The van der Waals surface area contributed by atoms with Crippen molar-refractivity contribution in [3.05, 3.63) is 66.4 Å². The van der Waals surface area contributed by atoms with Crippen molar-refractivity contribution >= 4 is 34.3 Å². The van der Waals surface area contributed by atoms with E-state index < -0.39 is 5.91 Å². The highest BCUT2D eigenvalue weighted by Gasteiger charge is 2.23. The molecule has 7 N–H and O–H groups in total. The van der Waals surface area contributed by atoms with E-state index >= 15 is 0 Å². The number of fused-ring (bicyclic) bond motifs is 1. The quantitative estimate of drug-likeness (QED) is 0.305. The molecule has 2 aromatic heterocycles. The largest absolute Gasteiger partial charge is 0.365 e. The van der Waals surface area contributed by atoms with E-state index in [1.807, 2.05) is 36.4 Å². The SMILES string of the molecule is NC(=O)c1cnc(NC2CCCC[C@@H]2N)nc1Nc1cccc2[nH]c(-c3ccccc3)cc12. The summed E-state index contributed by atoms with van der Waals surface area (Å²) in [6, 6.07) is 18.3. The molecule has 2 heterocycles. The highest BCUT2D eigenvalue weighted by Crippen LogP contribution is 2.31. The summed E-state index contributed by atoms with van der Waals surface area (Å²) in [5.41, 5.74) is 16.0. The van der Waals surface area contributed by atoms with Gasteiger partial charge < -0.3 is 27.1 Å². The molecule has 33 heavy (non-hydrogen) atoms. The highest BCUT2D eigenvalue weighted by molar-refractivity contribution is 6.01. The van der Waals surface area contributed by atoms with E-state index in [0.717, 1.165) is 53.5 Å². The van der Waals surface area contributed by atoms with Crippen molar-refractivity contribution in [2.24, 2.45) is 11.5 Å². The molecule has 1 unspecified atom stereocenters. The number of nitrogens with one attached hydrogen (secondary N) is 3. The Labute approximate surface area is 191 Å². The lowest BCUT2D eigenvalue weighted by Crippen LogP contribution is -2.43. The van der Waals surface area contributed by atoms with Gasteiger partial charge in [0.25, 0.3) is 5.91 Å². The van der Waals surface area contributed by atoms with Crippen LogP contribution in [0.1, 0.15) is 36.0 Å². The minimum Gasteiger partial charge on any atom is -0.365 e. The van der Waals surface area contributed by atoms with Gasteiger partial charge in [-0.2, -0.15) is 4.98 Å². The summed E-state index contributed by atoms with van der Waals surface area (Å²) in [6.07, 6.45) is 5.66. The molecular weight excluding hydrogens is 414 g/mol. The van der Waals surface area contributed by atoms with E-state index in [1.54, 1.807) is 0 Å². The molecule has 1 aliphatic carbocycles. The third-order valence-corrected chi connectivity index (χ3v) is 6.19. The Balaban J connectivity index is 1.48. The van der Waals surface area contributed by atoms with Gasteiger partial charge in [0.1, 0.15) is 11.4 Å². The fraction of sp³-hybridized carbons (Fsp3) is 0.240. The number of aromatic amines is 1. The van der Waals surface area contributed by atoms with Crippen LogP contribution in [0.2, 0.25) is 0 Å². The first-order chi connectivity index (χ1) is 16.1. The number of anilines is 3. The maximum absolute atomic E-state index is 12.1. The summed E-state index contributed by atoms with van der Waals surface area (Å²) in [5, 5.41) is 7.63. The number of nitrogens with two attached hydrogens (primary N) is 2. The highest BCUT2D eigenvalue weighted by atomic mass is 16.1. The number of amides is 1. The van der Waals surface area contributed by atoms with E-state index in [1.165, 1.54) is 6.20 Å². The third kappa shape index (κ3) is 4.38.